The Morgan fingerprint density at radius 3 is 2.29 bits per heavy atom. The van der Waals surface area contributed by atoms with Crippen LogP contribution in [0.2, 0.25) is 5.02 Å². The second-order valence-electron chi connectivity index (χ2n) is 4.58. The zero-order chi connectivity index (χ0) is 15.0. The summed E-state index contributed by atoms with van der Waals surface area (Å²) in [5.74, 6) is 0. The minimum atomic E-state index is -4.45. The molecule has 0 aliphatic carbocycles. The van der Waals surface area contributed by atoms with Gasteiger partial charge in [0, 0.05) is 16.0 Å². The van der Waals surface area contributed by atoms with Crippen LogP contribution in [0.15, 0.2) is 54.6 Å². The van der Waals surface area contributed by atoms with Gasteiger partial charge in [0.05, 0.1) is 16.8 Å². The molecule has 3 rings (SSSR count). The molecule has 0 aliphatic rings. The van der Waals surface area contributed by atoms with Crippen molar-refractivity contribution in [2.24, 2.45) is 0 Å². The van der Waals surface area contributed by atoms with Gasteiger partial charge in [-0.15, -0.1) is 0 Å². The Balaban J connectivity index is 2.33. The lowest BCUT2D eigenvalue weighted by atomic mass is 10.0. The Bertz CT molecular complexity index is 798. The van der Waals surface area contributed by atoms with Crippen LogP contribution in [-0.2, 0) is 6.18 Å². The zero-order valence-electron chi connectivity index (χ0n) is 10.7. The number of aromatic nitrogens is 1. The summed E-state index contributed by atoms with van der Waals surface area (Å²) in [4.78, 5) is 4.30. The first-order chi connectivity index (χ1) is 9.95. The molecule has 0 saturated carbocycles. The van der Waals surface area contributed by atoms with E-state index in [4.69, 9.17) is 11.6 Å². The summed E-state index contributed by atoms with van der Waals surface area (Å²) in [6, 6.07) is 14.1. The molecule has 21 heavy (non-hydrogen) atoms. The van der Waals surface area contributed by atoms with E-state index in [1.165, 1.54) is 18.2 Å². The highest BCUT2D eigenvalue weighted by Crippen LogP contribution is 2.37. The number of rotatable bonds is 1. The minimum absolute atomic E-state index is 0.0478. The number of pyridine rings is 1. The molecule has 1 aromatic heterocycles. The summed E-state index contributed by atoms with van der Waals surface area (Å²) in [7, 11) is 0. The first-order valence-corrected chi connectivity index (χ1v) is 6.56. The van der Waals surface area contributed by atoms with Crippen molar-refractivity contribution in [2.75, 3.05) is 0 Å². The average molecular weight is 308 g/mol. The number of fused-ring (bicyclic) bond motifs is 1. The molecule has 1 heterocycles. The minimum Gasteiger partial charge on any atom is -0.248 e. The molecule has 3 aromatic rings. The van der Waals surface area contributed by atoms with Crippen molar-refractivity contribution in [1.82, 2.24) is 4.98 Å². The summed E-state index contributed by atoms with van der Waals surface area (Å²) < 4.78 is 39.8. The molecule has 0 bridgehead atoms. The lowest BCUT2D eigenvalue weighted by molar-refractivity contribution is -0.136. The van der Waals surface area contributed by atoms with Gasteiger partial charge in [0.1, 0.15) is 0 Å². The van der Waals surface area contributed by atoms with E-state index in [0.717, 1.165) is 6.07 Å². The van der Waals surface area contributed by atoms with Crippen molar-refractivity contribution >= 4 is 22.5 Å². The quantitative estimate of drug-likeness (QED) is 0.572. The van der Waals surface area contributed by atoms with Crippen LogP contribution >= 0.6 is 11.6 Å². The molecular weight excluding hydrogens is 299 g/mol. The van der Waals surface area contributed by atoms with Gasteiger partial charge < -0.3 is 0 Å². The summed E-state index contributed by atoms with van der Waals surface area (Å²) in [6.07, 6.45) is -4.45. The van der Waals surface area contributed by atoms with Gasteiger partial charge in [-0.05, 0) is 18.2 Å². The van der Waals surface area contributed by atoms with E-state index in [1.54, 1.807) is 30.3 Å². The largest absolute Gasteiger partial charge is 0.417 e. The zero-order valence-corrected chi connectivity index (χ0v) is 11.4. The molecule has 0 unspecified atom stereocenters. The first kappa shape index (κ1) is 13.9. The SMILES string of the molecule is FC(F)(F)c1cc(-c2ccccc2)nc2cc(Cl)ccc12. The smallest absolute Gasteiger partial charge is 0.248 e. The Labute approximate surface area is 124 Å². The second-order valence-corrected chi connectivity index (χ2v) is 5.02. The molecule has 0 radical (unpaired) electrons. The molecule has 0 amide bonds. The van der Waals surface area contributed by atoms with E-state index in [2.05, 4.69) is 4.98 Å². The maximum absolute atomic E-state index is 13.3. The predicted molar refractivity (Wildman–Crippen MR) is 77.2 cm³/mol. The van der Waals surface area contributed by atoms with Gasteiger partial charge in [0.2, 0.25) is 0 Å². The molecule has 5 heteroatoms. The summed E-state index contributed by atoms with van der Waals surface area (Å²) >= 11 is 5.86. The van der Waals surface area contributed by atoms with Crippen LogP contribution in [-0.4, -0.2) is 4.98 Å². The van der Waals surface area contributed by atoms with Crippen LogP contribution < -0.4 is 0 Å². The van der Waals surface area contributed by atoms with Crippen LogP contribution in [0.5, 0.6) is 0 Å². The van der Waals surface area contributed by atoms with E-state index in [-0.39, 0.29) is 16.6 Å². The van der Waals surface area contributed by atoms with Crippen LogP contribution in [0.1, 0.15) is 5.56 Å². The van der Waals surface area contributed by atoms with E-state index >= 15 is 0 Å². The van der Waals surface area contributed by atoms with Crippen LogP contribution in [0.4, 0.5) is 13.2 Å². The summed E-state index contributed by atoms with van der Waals surface area (Å²) in [5, 5.41) is 0.403. The topological polar surface area (TPSA) is 12.9 Å². The van der Waals surface area contributed by atoms with E-state index in [9.17, 15) is 13.2 Å². The number of benzene rings is 2. The molecule has 1 nitrogen and oxygen atoms in total. The van der Waals surface area contributed by atoms with Crippen molar-refractivity contribution in [3.05, 3.63) is 65.2 Å². The van der Waals surface area contributed by atoms with E-state index in [1.807, 2.05) is 0 Å². The Morgan fingerprint density at radius 1 is 0.905 bits per heavy atom. The summed E-state index contributed by atoms with van der Waals surface area (Å²) in [5.41, 5.74) is 0.432. The maximum atomic E-state index is 13.3. The molecule has 2 aromatic carbocycles. The van der Waals surface area contributed by atoms with Gasteiger partial charge >= 0.3 is 6.18 Å². The van der Waals surface area contributed by atoms with Gasteiger partial charge in [-0.3, -0.25) is 0 Å². The Morgan fingerprint density at radius 2 is 1.62 bits per heavy atom. The van der Waals surface area contributed by atoms with E-state index in [0.29, 0.717) is 10.6 Å². The summed E-state index contributed by atoms with van der Waals surface area (Å²) in [6.45, 7) is 0. The fourth-order valence-corrected chi connectivity index (χ4v) is 2.36. The predicted octanol–water partition coefficient (Wildman–Crippen LogP) is 5.57. The monoisotopic (exact) mass is 307 g/mol. The van der Waals surface area contributed by atoms with Crippen molar-refractivity contribution in [1.29, 1.82) is 0 Å². The molecule has 0 N–H and O–H groups in total. The normalized spacial score (nSPS) is 11.8. The van der Waals surface area contributed by atoms with Crippen LogP contribution in [0.3, 0.4) is 0 Å². The lowest BCUT2D eigenvalue weighted by Gasteiger charge is -2.12. The molecule has 0 saturated heterocycles. The molecule has 0 spiro atoms. The molecule has 0 fully saturated rings. The van der Waals surface area contributed by atoms with Gasteiger partial charge in [-0.2, -0.15) is 13.2 Å². The third-order valence-electron chi connectivity index (χ3n) is 3.15. The van der Waals surface area contributed by atoms with Crippen LogP contribution in [0, 0.1) is 0 Å². The van der Waals surface area contributed by atoms with Gasteiger partial charge in [-0.25, -0.2) is 4.98 Å². The number of nitrogens with zero attached hydrogens (tertiary/aromatic N) is 1. The molecule has 0 atom stereocenters. The van der Waals surface area contributed by atoms with Crippen molar-refractivity contribution in [3.63, 3.8) is 0 Å². The molecular formula is C16H9ClF3N. The average Bonchev–Trinajstić information content (AvgIpc) is 2.45. The van der Waals surface area contributed by atoms with Gasteiger partial charge in [-0.1, -0.05) is 48.0 Å². The number of alkyl halides is 3. The Kier molecular flexibility index (Phi) is 3.33. The third-order valence-corrected chi connectivity index (χ3v) is 3.38. The highest BCUT2D eigenvalue weighted by atomic mass is 35.5. The van der Waals surface area contributed by atoms with Crippen LogP contribution in [0.25, 0.3) is 22.2 Å². The number of hydrogen-bond acceptors (Lipinski definition) is 1. The Hall–Kier alpha value is -2.07. The lowest BCUT2D eigenvalue weighted by Crippen LogP contribution is -2.07. The fraction of sp³-hybridized carbons (Fsp3) is 0.0625. The number of hydrogen-bond donors (Lipinski definition) is 0. The molecule has 0 aliphatic heterocycles. The fourth-order valence-electron chi connectivity index (χ4n) is 2.19. The van der Waals surface area contributed by atoms with Gasteiger partial charge in [0.25, 0.3) is 0 Å². The highest BCUT2D eigenvalue weighted by Gasteiger charge is 2.33. The number of halogens is 4. The van der Waals surface area contributed by atoms with Crippen molar-refractivity contribution in [3.8, 4) is 11.3 Å². The van der Waals surface area contributed by atoms with Crippen molar-refractivity contribution in [2.45, 2.75) is 6.18 Å². The van der Waals surface area contributed by atoms with Crippen molar-refractivity contribution < 1.29 is 13.2 Å². The van der Waals surface area contributed by atoms with E-state index < -0.39 is 11.7 Å². The first-order valence-electron chi connectivity index (χ1n) is 6.18. The third kappa shape index (κ3) is 2.72. The maximum Gasteiger partial charge on any atom is 0.417 e. The van der Waals surface area contributed by atoms with Gasteiger partial charge in [0.15, 0.2) is 0 Å². The molecule has 106 valence electrons. The standard InChI is InChI=1S/C16H9ClF3N/c17-11-6-7-12-13(16(18,19)20)9-14(21-15(12)8-11)10-4-2-1-3-5-10/h1-9H. The second kappa shape index (κ2) is 5.04. The highest BCUT2D eigenvalue weighted by molar-refractivity contribution is 6.31.